The quantitative estimate of drug-likeness (QED) is 0.711. The van der Waals surface area contributed by atoms with Crippen molar-refractivity contribution in [3.63, 3.8) is 0 Å². The molecule has 26 heavy (non-hydrogen) atoms. The average Bonchev–Trinajstić information content (AvgIpc) is 2.62. The Balaban J connectivity index is 1.95. The van der Waals surface area contributed by atoms with E-state index in [0.29, 0.717) is 30.1 Å². The lowest BCUT2D eigenvalue weighted by Gasteiger charge is -2.13. The van der Waals surface area contributed by atoms with Crippen molar-refractivity contribution in [3.8, 4) is 11.5 Å². The number of carbonyl (C=O) groups is 2. The molecular weight excluding hydrogens is 334 g/mol. The topological polar surface area (TPSA) is 88.7 Å². The largest absolute Gasteiger partial charge is 0.496 e. The molecule has 0 aromatic heterocycles. The Morgan fingerprint density at radius 1 is 0.962 bits per heavy atom. The molecule has 3 amide bonds. The highest BCUT2D eigenvalue weighted by atomic mass is 16.5. The highest BCUT2D eigenvalue weighted by Crippen LogP contribution is 2.27. The van der Waals surface area contributed by atoms with Gasteiger partial charge in [-0.3, -0.25) is 4.79 Å². The number of carbonyl (C=O) groups excluding carboxylic acids is 2. The van der Waals surface area contributed by atoms with E-state index in [2.05, 4.69) is 16.0 Å². The molecule has 2 aromatic carbocycles. The highest BCUT2D eigenvalue weighted by Gasteiger charge is 2.09. The summed E-state index contributed by atoms with van der Waals surface area (Å²) in [6.07, 6.45) is 0.639. The van der Waals surface area contributed by atoms with Gasteiger partial charge < -0.3 is 25.4 Å². The SMILES string of the molecule is COc1ccccc1CCNC(=O)Nc1cc(NC(C)=O)ccc1OC. The third kappa shape index (κ3) is 5.41. The van der Waals surface area contributed by atoms with E-state index in [-0.39, 0.29) is 11.9 Å². The maximum absolute atomic E-state index is 12.2. The maximum Gasteiger partial charge on any atom is 0.319 e. The van der Waals surface area contributed by atoms with Crippen LogP contribution in [-0.2, 0) is 11.2 Å². The van der Waals surface area contributed by atoms with Gasteiger partial charge in [0.2, 0.25) is 5.91 Å². The Bertz CT molecular complexity index is 777. The Kier molecular flexibility index (Phi) is 6.84. The number of para-hydroxylation sites is 1. The molecule has 0 aliphatic heterocycles. The fourth-order valence-electron chi connectivity index (χ4n) is 2.47. The number of benzene rings is 2. The molecule has 2 rings (SSSR count). The normalized spacial score (nSPS) is 9.96. The summed E-state index contributed by atoms with van der Waals surface area (Å²) in [6, 6.07) is 12.3. The molecule has 0 aliphatic carbocycles. The predicted molar refractivity (Wildman–Crippen MR) is 101 cm³/mol. The smallest absolute Gasteiger partial charge is 0.319 e. The van der Waals surface area contributed by atoms with Crippen LogP contribution in [-0.4, -0.2) is 32.7 Å². The van der Waals surface area contributed by atoms with Crippen molar-refractivity contribution in [2.45, 2.75) is 13.3 Å². The van der Waals surface area contributed by atoms with Crippen molar-refractivity contribution in [1.29, 1.82) is 0 Å². The summed E-state index contributed by atoms with van der Waals surface area (Å²) in [4.78, 5) is 23.3. The second kappa shape index (κ2) is 9.31. The second-order valence-electron chi connectivity index (χ2n) is 5.54. The summed E-state index contributed by atoms with van der Waals surface area (Å²) in [5, 5.41) is 8.19. The minimum absolute atomic E-state index is 0.192. The molecule has 0 heterocycles. The maximum atomic E-state index is 12.2. The van der Waals surface area contributed by atoms with Crippen LogP contribution in [0.25, 0.3) is 0 Å². The van der Waals surface area contributed by atoms with Gasteiger partial charge in [-0.15, -0.1) is 0 Å². The van der Waals surface area contributed by atoms with E-state index < -0.39 is 0 Å². The van der Waals surface area contributed by atoms with Crippen LogP contribution >= 0.6 is 0 Å². The minimum atomic E-state index is -0.363. The van der Waals surface area contributed by atoms with Crippen molar-refractivity contribution in [3.05, 3.63) is 48.0 Å². The van der Waals surface area contributed by atoms with Crippen LogP contribution in [0.15, 0.2) is 42.5 Å². The molecule has 0 fully saturated rings. The second-order valence-corrected chi connectivity index (χ2v) is 5.54. The van der Waals surface area contributed by atoms with E-state index in [1.807, 2.05) is 24.3 Å². The summed E-state index contributed by atoms with van der Waals surface area (Å²) < 4.78 is 10.5. The molecule has 138 valence electrons. The average molecular weight is 357 g/mol. The van der Waals surface area contributed by atoms with Gasteiger partial charge in [-0.25, -0.2) is 4.79 Å². The molecular formula is C19H23N3O4. The first-order valence-electron chi connectivity index (χ1n) is 8.16. The van der Waals surface area contributed by atoms with Crippen molar-refractivity contribution < 1.29 is 19.1 Å². The first kappa shape index (κ1) is 19.1. The number of methoxy groups -OCH3 is 2. The lowest BCUT2D eigenvalue weighted by atomic mass is 10.1. The zero-order chi connectivity index (χ0) is 18.9. The van der Waals surface area contributed by atoms with Gasteiger partial charge in [0.25, 0.3) is 0 Å². The third-order valence-electron chi connectivity index (χ3n) is 3.64. The lowest BCUT2D eigenvalue weighted by Crippen LogP contribution is -2.30. The number of urea groups is 1. The van der Waals surface area contributed by atoms with Crippen LogP contribution in [0.2, 0.25) is 0 Å². The molecule has 0 unspecified atom stereocenters. The van der Waals surface area contributed by atoms with Gasteiger partial charge in [0.15, 0.2) is 0 Å². The van der Waals surface area contributed by atoms with Crippen molar-refractivity contribution in [2.24, 2.45) is 0 Å². The van der Waals surface area contributed by atoms with Crippen molar-refractivity contribution in [2.75, 3.05) is 31.4 Å². The first-order chi connectivity index (χ1) is 12.5. The number of anilines is 2. The summed E-state index contributed by atoms with van der Waals surface area (Å²) in [5.41, 5.74) is 2.05. The molecule has 0 saturated heterocycles. The summed E-state index contributed by atoms with van der Waals surface area (Å²) in [7, 11) is 3.13. The summed E-state index contributed by atoms with van der Waals surface area (Å²) >= 11 is 0. The zero-order valence-corrected chi connectivity index (χ0v) is 15.1. The van der Waals surface area contributed by atoms with Gasteiger partial charge in [-0.05, 0) is 36.2 Å². The zero-order valence-electron chi connectivity index (χ0n) is 15.1. The number of hydrogen-bond donors (Lipinski definition) is 3. The molecule has 7 nitrogen and oxygen atoms in total. The number of ether oxygens (including phenoxy) is 2. The van der Waals surface area contributed by atoms with Crippen LogP contribution in [0.3, 0.4) is 0 Å². The molecule has 0 saturated carbocycles. The molecule has 3 N–H and O–H groups in total. The van der Waals surface area contributed by atoms with E-state index in [1.54, 1.807) is 25.3 Å². The lowest BCUT2D eigenvalue weighted by molar-refractivity contribution is -0.114. The van der Waals surface area contributed by atoms with Gasteiger partial charge >= 0.3 is 6.03 Å². The van der Waals surface area contributed by atoms with Crippen LogP contribution in [0, 0.1) is 0 Å². The Morgan fingerprint density at radius 3 is 2.38 bits per heavy atom. The van der Waals surface area contributed by atoms with Gasteiger partial charge in [-0.1, -0.05) is 18.2 Å². The van der Waals surface area contributed by atoms with Crippen LogP contribution in [0.5, 0.6) is 11.5 Å². The fraction of sp³-hybridized carbons (Fsp3) is 0.263. The number of nitrogens with one attached hydrogen (secondary N) is 3. The van der Waals surface area contributed by atoms with Crippen molar-refractivity contribution in [1.82, 2.24) is 5.32 Å². The summed E-state index contributed by atoms with van der Waals surface area (Å²) in [6.45, 7) is 1.86. The standard InChI is InChI=1S/C19H23N3O4/c1-13(23)21-15-8-9-18(26-3)16(12-15)22-19(24)20-11-10-14-6-4-5-7-17(14)25-2/h4-9,12H,10-11H2,1-3H3,(H,21,23)(H2,20,22,24). The molecule has 7 heteroatoms. The Labute approximate surface area is 152 Å². The van der Waals surface area contributed by atoms with E-state index in [1.165, 1.54) is 14.0 Å². The molecule has 2 aromatic rings. The molecule has 0 bridgehead atoms. The van der Waals surface area contributed by atoms with E-state index in [0.717, 1.165) is 11.3 Å². The molecule has 0 aliphatic rings. The highest BCUT2D eigenvalue weighted by molar-refractivity contribution is 5.94. The Morgan fingerprint density at radius 2 is 1.69 bits per heavy atom. The third-order valence-corrected chi connectivity index (χ3v) is 3.64. The van der Waals surface area contributed by atoms with Gasteiger partial charge in [0.1, 0.15) is 11.5 Å². The van der Waals surface area contributed by atoms with Crippen LogP contribution in [0.1, 0.15) is 12.5 Å². The van der Waals surface area contributed by atoms with E-state index >= 15 is 0 Å². The first-order valence-corrected chi connectivity index (χ1v) is 8.16. The van der Waals surface area contributed by atoms with Crippen LogP contribution < -0.4 is 25.4 Å². The van der Waals surface area contributed by atoms with Gasteiger partial charge in [0.05, 0.1) is 19.9 Å². The molecule has 0 radical (unpaired) electrons. The number of hydrogen-bond acceptors (Lipinski definition) is 4. The summed E-state index contributed by atoms with van der Waals surface area (Å²) in [5.74, 6) is 1.10. The molecule has 0 spiro atoms. The van der Waals surface area contributed by atoms with Crippen molar-refractivity contribution >= 4 is 23.3 Å². The number of amides is 3. The van der Waals surface area contributed by atoms with E-state index in [4.69, 9.17) is 9.47 Å². The minimum Gasteiger partial charge on any atom is -0.496 e. The van der Waals surface area contributed by atoms with Gasteiger partial charge in [-0.2, -0.15) is 0 Å². The predicted octanol–water partition coefficient (Wildman–Crippen LogP) is 3.03. The van der Waals surface area contributed by atoms with Gasteiger partial charge in [0, 0.05) is 19.2 Å². The Hall–Kier alpha value is -3.22. The van der Waals surface area contributed by atoms with Crippen LogP contribution in [0.4, 0.5) is 16.2 Å². The monoisotopic (exact) mass is 357 g/mol. The molecule has 0 atom stereocenters. The van der Waals surface area contributed by atoms with E-state index in [9.17, 15) is 9.59 Å². The fourth-order valence-corrected chi connectivity index (χ4v) is 2.47. The number of rotatable bonds is 7.